The predicted molar refractivity (Wildman–Crippen MR) is 96.0 cm³/mol. The van der Waals surface area contributed by atoms with Gasteiger partial charge in [-0.25, -0.2) is 4.98 Å². The van der Waals surface area contributed by atoms with Gasteiger partial charge in [0, 0.05) is 61.5 Å². The Morgan fingerprint density at radius 3 is 2.87 bits per heavy atom. The van der Waals surface area contributed by atoms with Gasteiger partial charge in [-0.05, 0) is 26.0 Å². The average Bonchev–Trinajstić information content (AvgIpc) is 2.88. The highest BCUT2D eigenvalue weighted by Gasteiger charge is 2.25. The van der Waals surface area contributed by atoms with Crippen molar-refractivity contribution in [2.24, 2.45) is 7.05 Å². The SMILES string of the molecule is Cn1ccc2cc(C(=O)NC(C)(C)CN3CCSCC3)cnc21. The van der Waals surface area contributed by atoms with Crippen LogP contribution in [0.15, 0.2) is 24.5 Å². The number of aromatic nitrogens is 2. The lowest BCUT2D eigenvalue weighted by atomic mass is 10.0. The number of hydrogen-bond acceptors (Lipinski definition) is 4. The van der Waals surface area contributed by atoms with Crippen molar-refractivity contribution in [1.29, 1.82) is 0 Å². The molecule has 0 aliphatic carbocycles. The van der Waals surface area contributed by atoms with Gasteiger partial charge in [-0.3, -0.25) is 9.69 Å². The van der Waals surface area contributed by atoms with Crippen molar-refractivity contribution in [3.05, 3.63) is 30.1 Å². The third-order valence-corrected chi connectivity index (χ3v) is 5.09. The zero-order chi connectivity index (χ0) is 16.4. The van der Waals surface area contributed by atoms with E-state index in [0.29, 0.717) is 5.56 Å². The van der Waals surface area contributed by atoms with Crippen LogP contribution in [0.5, 0.6) is 0 Å². The lowest BCUT2D eigenvalue weighted by Crippen LogP contribution is -2.53. The summed E-state index contributed by atoms with van der Waals surface area (Å²) in [7, 11) is 1.95. The number of rotatable bonds is 4. The van der Waals surface area contributed by atoms with Crippen LogP contribution in [-0.2, 0) is 7.05 Å². The second-order valence-electron chi connectivity index (χ2n) is 6.79. The first-order valence-electron chi connectivity index (χ1n) is 7.98. The molecule has 0 aromatic carbocycles. The summed E-state index contributed by atoms with van der Waals surface area (Å²) >= 11 is 2.00. The molecule has 3 heterocycles. The maximum absolute atomic E-state index is 12.6. The molecule has 1 amide bonds. The lowest BCUT2D eigenvalue weighted by Gasteiger charge is -2.35. The van der Waals surface area contributed by atoms with Crippen LogP contribution in [0.4, 0.5) is 0 Å². The molecule has 0 saturated carbocycles. The van der Waals surface area contributed by atoms with Crippen LogP contribution in [0.3, 0.4) is 0 Å². The molecule has 23 heavy (non-hydrogen) atoms. The van der Waals surface area contributed by atoms with Gasteiger partial charge in [0.05, 0.1) is 5.56 Å². The molecule has 1 N–H and O–H groups in total. The summed E-state index contributed by atoms with van der Waals surface area (Å²) in [5, 5.41) is 4.15. The predicted octanol–water partition coefficient (Wildman–Crippen LogP) is 2.13. The molecule has 0 atom stereocenters. The topological polar surface area (TPSA) is 50.2 Å². The normalized spacial score (nSPS) is 16.7. The maximum Gasteiger partial charge on any atom is 0.253 e. The Morgan fingerprint density at radius 1 is 1.39 bits per heavy atom. The Kier molecular flexibility index (Phi) is 4.64. The Balaban J connectivity index is 1.68. The summed E-state index contributed by atoms with van der Waals surface area (Å²) in [5.41, 5.74) is 1.25. The number of amides is 1. The molecule has 1 saturated heterocycles. The van der Waals surface area contributed by atoms with Gasteiger partial charge in [-0.15, -0.1) is 0 Å². The molecule has 0 radical (unpaired) electrons. The highest BCUT2D eigenvalue weighted by atomic mass is 32.2. The lowest BCUT2D eigenvalue weighted by molar-refractivity contribution is 0.0889. The summed E-state index contributed by atoms with van der Waals surface area (Å²) in [6, 6.07) is 3.89. The van der Waals surface area contributed by atoms with Crippen molar-refractivity contribution < 1.29 is 4.79 Å². The molecule has 124 valence electrons. The highest BCUT2D eigenvalue weighted by molar-refractivity contribution is 7.99. The second kappa shape index (κ2) is 6.53. The monoisotopic (exact) mass is 332 g/mol. The third kappa shape index (κ3) is 3.87. The third-order valence-electron chi connectivity index (χ3n) is 4.14. The Labute approximate surface area is 141 Å². The zero-order valence-electron chi connectivity index (χ0n) is 14.0. The molecule has 0 bridgehead atoms. The number of hydrogen-bond donors (Lipinski definition) is 1. The summed E-state index contributed by atoms with van der Waals surface area (Å²) in [6.45, 7) is 7.24. The molecule has 5 nitrogen and oxygen atoms in total. The van der Waals surface area contributed by atoms with Gasteiger partial charge in [-0.2, -0.15) is 11.8 Å². The van der Waals surface area contributed by atoms with Crippen LogP contribution in [0.1, 0.15) is 24.2 Å². The molecule has 0 spiro atoms. The van der Waals surface area contributed by atoms with Crippen LogP contribution in [-0.4, -0.2) is 57.0 Å². The molecule has 1 aliphatic rings. The van der Waals surface area contributed by atoms with E-state index in [0.717, 1.165) is 30.7 Å². The first kappa shape index (κ1) is 16.3. The Hall–Kier alpha value is -1.53. The Bertz CT molecular complexity index is 704. The fourth-order valence-electron chi connectivity index (χ4n) is 3.02. The number of pyridine rings is 1. The molecular weight excluding hydrogens is 308 g/mol. The number of nitrogens with zero attached hydrogens (tertiary/aromatic N) is 3. The fourth-order valence-corrected chi connectivity index (χ4v) is 3.99. The molecule has 2 aromatic heterocycles. The van der Waals surface area contributed by atoms with Crippen LogP contribution < -0.4 is 5.32 Å². The van der Waals surface area contributed by atoms with Crippen LogP contribution in [0.2, 0.25) is 0 Å². The molecule has 6 heteroatoms. The van der Waals surface area contributed by atoms with Crippen molar-refractivity contribution in [2.75, 3.05) is 31.1 Å². The average molecular weight is 332 g/mol. The molecule has 2 aromatic rings. The minimum absolute atomic E-state index is 0.0559. The van der Waals surface area contributed by atoms with E-state index >= 15 is 0 Å². The minimum atomic E-state index is -0.259. The fraction of sp³-hybridized carbons (Fsp3) is 0.529. The van der Waals surface area contributed by atoms with Crippen LogP contribution in [0.25, 0.3) is 11.0 Å². The highest BCUT2D eigenvalue weighted by Crippen LogP contribution is 2.16. The minimum Gasteiger partial charge on any atom is -0.346 e. The second-order valence-corrected chi connectivity index (χ2v) is 8.01. The van der Waals surface area contributed by atoms with Crippen molar-refractivity contribution in [1.82, 2.24) is 19.8 Å². The number of carbonyl (C=O) groups is 1. The van der Waals surface area contributed by atoms with Gasteiger partial charge in [0.2, 0.25) is 0 Å². The summed E-state index contributed by atoms with van der Waals surface area (Å²) in [5.74, 6) is 2.30. The number of carbonyl (C=O) groups excluding carboxylic acids is 1. The number of nitrogens with one attached hydrogen (secondary N) is 1. The summed E-state index contributed by atoms with van der Waals surface area (Å²) in [6.07, 6.45) is 3.61. The molecule has 0 unspecified atom stereocenters. The van der Waals surface area contributed by atoms with E-state index in [-0.39, 0.29) is 11.4 Å². The molecule has 1 aliphatic heterocycles. The van der Waals surface area contributed by atoms with E-state index in [4.69, 9.17) is 0 Å². The maximum atomic E-state index is 12.6. The summed E-state index contributed by atoms with van der Waals surface area (Å²) < 4.78 is 1.95. The first-order chi connectivity index (χ1) is 10.9. The van der Waals surface area contributed by atoms with E-state index in [1.165, 1.54) is 11.5 Å². The van der Waals surface area contributed by atoms with Gasteiger partial charge < -0.3 is 9.88 Å². The van der Waals surface area contributed by atoms with E-state index in [1.54, 1.807) is 6.20 Å². The van der Waals surface area contributed by atoms with Crippen molar-refractivity contribution >= 4 is 28.7 Å². The quantitative estimate of drug-likeness (QED) is 0.932. The van der Waals surface area contributed by atoms with Crippen LogP contribution in [0, 0.1) is 0 Å². The zero-order valence-corrected chi connectivity index (χ0v) is 14.8. The molecule has 1 fully saturated rings. The van der Waals surface area contributed by atoms with Crippen molar-refractivity contribution in [2.45, 2.75) is 19.4 Å². The first-order valence-corrected chi connectivity index (χ1v) is 9.14. The van der Waals surface area contributed by atoms with Crippen LogP contribution >= 0.6 is 11.8 Å². The van der Waals surface area contributed by atoms with Crippen molar-refractivity contribution in [3.63, 3.8) is 0 Å². The van der Waals surface area contributed by atoms with Gasteiger partial charge in [0.15, 0.2) is 0 Å². The molecular formula is C17H24N4OS. The van der Waals surface area contributed by atoms with Gasteiger partial charge in [0.1, 0.15) is 5.65 Å². The summed E-state index contributed by atoms with van der Waals surface area (Å²) in [4.78, 5) is 19.4. The van der Waals surface area contributed by atoms with Gasteiger partial charge >= 0.3 is 0 Å². The van der Waals surface area contributed by atoms with E-state index in [2.05, 4.69) is 29.0 Å². The number of thioether (sulfide) groups is 1. The smallest absolute Gasteiger partial charge is 0.253 e. The van der Waals surface area contributed by atoms with E-state index < -0.39 is 0 Å². The number of fused-ring (bicyclic) bond motifs is 1. The molecule has 3 rings (SSSR count). The van der Waals surface area contributed by atoms with Crippen molar-refractivity contribution in [3.8, 4) is 0 Å². The largest absolute Gasteiger partial charge is 0.346 e. The van der Waals surface area contributed by atoms with Gasteiger partial charge in [-0.1, -0.05) is 0 Å². The number of aryl methyl sites for hydroxylation is 1. The standard InChI is InChI=1S/C17H24N4OS/c1-17(2,12-21-6-8-23-9-7-21)19-16(22)14-10-13-4-5-20(3)15(13)18-11-14/h4-5,10-11H,6-9,12H2,1-3H3,(H,19,22). The van der Waals surface area contributed by atoms with E-state index in [1.807, 2.05) is 41.7 Å². The van der Waals surface area contributed by atoms with E-state index in [9.17, 15) is 4.79 Å². The Morgan fingerprint density at radius 2 is 2.13 bits per heavy atom. The van der Waals surface area contributed by atoms with Gasteiger partial charge in [0.25, 0.3) is 5.91 Å².